The minimum atomic E-state index is -0.494. The van der Waals surface area contributed by atoms with Crippen molar-refractivity contribution in [1.29, 1.82) is 0 Å². The second-order valence-electron chi connectivity index (χ2n) is 4.49. The first-order valence-electron chi connectivity index (χ1n) is 6.02. The van der Waals surface area contributed by atoms with Crippen LogP contribution >= 0.6 is 11.8 Å². The van der Waals surface area contributed by atoms with Gasteiger partial charge in [-0.15, -0.1) is 0 Å². The minimum Gasteiger partial charge on any atom is -0.288 e. The molecule has 0 saturated heterocycles. The Bertz CT molecular complexity index is 656. The van der Waals surface area contributed by atoms with Crippen LogP contribution in [-0.2, 0) is 6.42 Å². The van der Waals surface area contributed by atoms with Crippen molar-refractivity contribution in [3.05, 3.63) is 65.0 Å². The molecule has 0 bridgehead atoms. The van der Waals surface area contributed by atoms with Crippen molar-refractivity contribution in [2.24, 2.45) is 0 Å². The SMILES string of the molecule is O=C(c1ccc2c(c1)CCN2Cl)c1ccccc1F. The van der Waals surface area contributed by atoms with Crippen LogP contribution in [0.5, 0.6) is 0 Å². The van der Waals surface area contributed by atoms with Crippen molar-refractivity contribution in [2.45, 2.75) is 6.42 Å². The van der Waals surface area contributed by atoms with Gasteiger partial charge >= 0.3 is 0 Å². The van der Waals surface area contributed by atoms with E-state index in [0.717, 1.165) is 24.2 Å². The molecule has 4 heteroatoms. The summed E-state index contributed by atoms with van der Waals surface area (Å²) in [4.78, 5) is 12.3. The summed E-state index contributed by atoms with van der Waals surface area (Å²) in [5, 5.41) is 0. The maximum Gasteiger partial charge on any atom is 0.195 e. The molecule has 1 aliphatic rings. The van der Waals surface area contributed by atoms with E-state index >= 15 is 0 Å². The van der Waals surface area contributed by atoms with Gasteiger partial charge < -0.3 is 0 Å². The summed E-state index contributed by atoms with van der Waals surface area (Å²) in [6.45, 7) is 0.730. The Kier molecular flexibility index (Phi) is 2.99. The summed E-state index contributed by atoms with van der Waals surface area (Å²) in [6, 6.07) is 11.3. The fourth-order valence-electron chi connectivity index (χ4n) is 2.30. The zero-order valence-corrected chi connectivity index (χ0v) is 10.8. The maximum atomic E-state index is 13.6. The van der Waals surface area contributed by atoms with Gasteiger partial charge in [0.1, 0.15) is 5.82 Å². The third-order valence-electron chi connectivity index (χ3n) is 3.30. The Labute approximate surface area is 115 Å². The lowest BCUT2D eigenvalue weighted by molar-refractivity contribution is 0.103. The van der Waals surface area contributed by atoms with Gasteiger partial charge in [-0.05, 0) is 42.3 Å². The van der Waals surface area contributed by atoms with Crippen LogP contribution in [0.25, 0.3) is 0 Å². The first-order chi connectivity index (χ1) is 9.16. The van der Waals surface area contributed by atoms with Crippen LogP contribution < -0.4 is 4.42 Å². The molecule has 2 nitrogen and oxygen atoms in total. The van der Waals surface area contributed by atoms with Crippen molar-refractivity contribution < 1.29 is 9.18 Å². The highest BCUT2D eigenvalue weighted by molar-refractivity contribution is 6.26. The van der Waals surface area contributed by atoms with Crippen LogP contribution in [0.15, 0.2) is 42.5 Å². The molecular formula is C15H11ClFNO. The van der Waals surface area contributed by atoms with Gasteiger partial charge in [0.05, 0.1) is 11.3 Å². The average molecular weight is 276 g/mol. The van der Waals surface area contributed by atoms with Crippen molar-refractivity contribution in [3.8, 4) is 0 Å². The number of rotatable bonds is 2. The lowest BCUT2D eigenvalue weighted by Crippen LogP contribution is -2.05. The van der Waals surface area contributed by atoms with E-state index in [0.29, 0.717) is 5.56 Å². The highest BCUT2D eigenvalue weighted by Crippen LogP contribution is 2.30. The molecule has 0 amide bonds. The number of nitrogens with zero attached hydrogens (tertiary/aromatic N) is 1. The van der Waals surface area contributed by atoms with Crippen LogP contribution in [0.2, 0.25) is 0 Å². The van der Waals surface area contributed by atoms with Crippen LogP contribution in [-0.4, -0.2) is 12.3 Å². The Morgan fingerprint density at radius 2 is 2.00 bits per heavy atom. The van der Waals surface area contributed by atoms with E-state index in [-0.39, 0.29) is 11.3 Å². The summed E-state index contributed by atoms with van der Waals surface area (Å²) in [6.07, 6.45) is 0.803. The second kappa shape index (κ2) is 4.67. The zero-order valence-electron chi connectivity index (χ0n) is 10.1. The predicted molar refractivity (Wildman–Crippen MR) is 73.2 cm³/mol. The number of carbonyl (C=O) groups excluding carboxylic acids is 1. The number of halogens is 2. The van der Waals surface area contributed by atoms with Gasteiger partial charge in [0.15, 0.2) is 5.78 Å². The standard InChI is InChI=1S/C15H11ClFNO/c16-18-8-7-10-9-11(5-6-14(10)18)15(19)12-3-1-2-4-13(12)17/h1-6,9H,7-8H2. The van der Waals surface area contributed by atoms with E-state index in [2.05, 4.69) is 0 Å². The summed E-state index contributed by atoms with van der Waals surface area (Å²) >= 11 is 6.01. The van der Waals surface area contributed by atoms with Crippen molar-refractivity contribution >= 4 is 23.2 Å². The number of anilines is 1. The molecule has 0 radical (unpaired) electrons. The van der Waals surface area contributed by atoms with Crippen molar-refractivity contribution in [2.75, 3.05) is 11.0 Å². The zero-order chi connectivity index (χ0) is 13.4. The number of hydrogen-bond donors (Lipinski definition) is 0. The molecule has 0 fully saturated rings. The summed E-state index contributed by atoms with van der Waals surface area (Å²) in [5.41, 5.74) is 2.54. The number of carbonyl (C=O) groups is 1. The molecule has 96 valence electrons. The van der Waals surface area contributed by atoms with Gasteiger partial charge in [-0.2, -0.15) is 0 Å². The molecular weight excluding hydrogens is 265 g/mol. The molecule has 1 heterocycles. The van der Waals surface area contributed by atoms with E-state index in [1.54, 1.807) is 28.7 Å². The molecule has 0 spiro atoms. The number of fused-ring (bicyclic) bond motifs is 1. The Hall–Kier alpha value is -1.87. The minimum absolute atomic E-state index is 0.100. The molecule has 2 aromatic rings. The van der Waals surface area contributed by atoms with Gasteiger partial charge in [-0.3, -0.25) is 9.21 Å². The fourth-order valence-corrected chi connectivity index (χ4v) is 2.55. The molecule has 0 atom stereocenters. The lowest BCUT2D eigenvalue weighted by Gasteiger charge is -2.09. The smallest absolute Gasteiger partial charge is 0.195 e. The largest absolute Gasteiger partial charge is 0.288 e. The third kappa shape index (κ3) is 2.10. The normalized spacial score (nSPS) is 13.5. The topological polar surface area (TPSA) is 20.3 Å². The van der Waals surface area contributed by atoms with E-state index < -0.39 is 5.82 Å². The number of ketones is 1. The van der Waals surface area contributed by atoms with Crippen LogP contribution in [0, 0.1) is 5.82 Å². The molecule has 0 N–H and O–H groups in total. The monoisotopic (exact) mass is 275 g/mol. The summed E-state index contributed by atoms with van der Waals surface area (Å²) in [7, 11) is 0. The molecule has 2 aromatic carbocycles. The fraction of sp³-hybridized carbons (Fsp3) is 0.133. The van der Waals surface area contributed by atoms with Gasteiger partial charge in [0.2, 0.25) is 0 Å². The van der Waals surface area contributed by atoms with Gasteiger partial charge in [0.25, 0.3) is 0 Å². The van der Waals surface area contributed by atoms with Crippen LogP contribution in [0.3, 0.4) is 0 Å². The maximum absolute atomic E-state index is 13.6. The van der Waals surface area contributed by atoms with E-state index in [1.807, 2.05) is 6.07 Å². The highest BCUT2D eigenvalue weighted by atomic mass is 35.5. The Morgan fingerprint density at radius 1 is 1.21 bits per heavy atom. The van der Waals surface area contributed by atoms with Crippen molar-refractivity contribution in [1.82, 2.24) is 0 Å². The molecule has 19 heavy (non-hydrogen) atoms. The van der Waals surface area contributed by atoms with E-state index in [9.17, 15) is 9.18 Å². The second-order valence-corrected chi connectivity index (χ2v) is 4.90. The lowest BCUT2D eigenvalue weighted by atomic mass is 10.00. The molecule has 0 aromatic heterocycles. The molecule has 0 saturated carbocycles. The molecule has 1 aliphatic heterocycles. The molecule has 0 unspecified atom stereocenters. The third-order valence-corrected chi connectivity index (χ3v) is 3.65. The van der Waals surface area contributed by atoms with Crippen LogP contribution in [0.1, 0.15) is 21.5 Å². The number of hydrogen-bond acceptors (Lipinski definition) is 2. The van der Waals surface area contributed by atoms with Gasteiger partial charge in [-0.25, -0.2) is 4.39 Å². The van der Waals surface area contributed by atoms with Gasteiger partial charge in [-0.1, -0.05) is 12.1 Å². The summed E-state index contributed by atoms with van der Waals surface area (Å²) in [5.74, 6) is -0.791. The van der Waals surface area contributed by atoms with E-state index in [4.69, 9.17) is 11.8 Å². The predicted octanol–water partition coefficient (Wildman–Crippen LogP) is 3.57. The quantitative estimate of drug-likeness (QED) is 0.617. The summed E-state index contributed by atoms with van der Waals surface area (Å²) < 4.78 is 15.2. The Balaban J connectivity index is 2.00. The van der Waals surface area contributed by atoms with Crippen molar-refractivity contribution in [3.63, 3.8) is 0 Å². The Morgan fingerprint density at radius 3 is 2.79 bits per heavy atom. The first kappa shape index (κ1) is 12.2. The van der Waals surface area contributed by atoms with Crippen LogP contribution in [0.4, 0.5) is 10.1 Å². The van der Waals surface area contributed by atoms with Gasteiger partial charge in [0, 0.05) is 23.9 Å². The highest BCUT2D eigenvalue weighted by Gasteiger charge is 2.20. The molecule has 3 rings (SSSR count). The molecule has 0 aliphatic carbocycles. The first-order valence-corrected chi connectivity index (χ1v) is 6.36. The number of benzene rings is 2. The van der Waals surface area contributed by atoms with E-state index in [1.165, 1.54) is 12.1 Å². The average Bonchev–Trinajstić information content (AvgIpc) is 2.80.